The first-order valence-electron chi connectivity index (χ1n) is 8.05. The van der Waals surface area contributed by atoms with Gasteiger partial charge in [-0.1, -0.05) is 35.9 Å². The van der Waals surface area contributed by atoms with Crippen LogP contribution in [0.15, 0.2) is 53.4 Å². The first-order valence-corrected chi connectivity index (χ1v) is 9.65. The standard InChI is InChI=1S/C19H23ClN2S/c1-23-19-7-5-16(6-8-19)14-21-9-11-22(12-10-21)15-17-3-2-4-18(20)13-17/h2-8,13H,9-12,14-15H2,1H3. The maximum absolute atomic E-state index is 6.07. The first-order chi connectivity index (χ1) is 11.2. The van der Waals surface area contributed by atoms with Gasteiger partial charge >= 0.3 is 0 Å². The Labute approximate surface area is 148 Å². The van der Waals surface area contributed by atoms with Crippen molar-refractivity contribution in [1.29, 1.82) is 0 Å². The van der Waals surface area contributed by atoms with Crippen LogP contribution in [0.25, 0.3) is 0 Å². The highest BCUT2D eigenvalue weighted by molar-refractivity contribution is 7.98. The Bertz CT molecular complexity index is 622. The maximum atomic E-state index is 6.07. The van der Waals surface area contributed by atoms with Gasteiger partial charge in [-0.3, -0.25) is 9.80 Å². The Balaban J connectivity index is 1.48. The van der Waals surface area contributed by atoms with Gasteiger partial charge in [0.2, 0.25) is 0 Å². The summed E-state index contributed by atoms with van der Waals surface area (Å²) in [7, 11) is 0. The minimum atomic E-state index is 0.829. The quantitative estimate of drug-likeness (QED) is 0.742. The average Bonchev–Trinajstić information content (AvgIpc) is 2.57. The molecule has 0 aliphatic carbocycles. The Morgan fingerprint density at radius 1 is 0.870 bits per heavy atom. The number of rotatable bonds is 5. The predicted octanol–water partition coefficient (Wildman–Crippen LogP) is 4.38. The zero-order chi connectivity index (χ0) is 16.1. The summed E-state index contributed by atoms with van der Waals surface area (Å²) in [6.45, 7) is 6.55. The molecule has 0 aromatic heterocycles. The van der Waals surface area contributed by atoms with Crippen molar-refractivity contribution in [1.82, 2.24) is 9.80 Å². The summed E-state index contributed by atoms with van der Waals surface area (Å²) in [6.07, 6.45) is 2.12. The topological polar surface area (TPSA) is 6.48 Å². The first kappa shape index (κ1) is 16.8. The Morgan fingerprint density at radius 3 is 2.04 bits per heavy atom. The van der Waals surface area contributed by atoms with Gasteiger partial charge < -0.3 is 0 Å². The second kappa shape index (κ2) is 8.20. The predicted molar refractivity (Wildman–Crippen MR) is 100 cm³/mol. The third-order valence-corrected chi connectivity index (χ3v) is 5.30. The van der Waals surface area contributed by atoms with E-state index in [1.165, 1.54) is 16.0 Å². The summed E-state index contributed by atoms with van der Waals surface area (Å²) < 4.78 is 0. The highest BCUT2D eigenvalue weighted by Gasteiger charge is 2.17. The fourth-order valence-corrected chi connectivity index (χ4v) is 3.61. The molecule has 0 unspecified atom stereocenters. The van der Waals surface area contributed by atoms with Gasteiger partial charge in [0, 0.05) is 49.2 Å². The van der Waals surface area contributed by atoms with E-state index in [0.717, 1.165) is 44.3 Å². The number of hydrogen-bond acceptors (Lipinski definition) is 3. The van der Waals surface area contributed by atoms with Crippen molar-refractivity contribution in [3.63, 3.8) is 0 Å². The van der Waals surface area contributed by atoms with Crippen molar-refractivity contribution >= 4 is 23.4 Å². The fraction of sp³-hybridized carbons (Fsp3) is 0.368. The lowest BCUT2D eigenvalue weighted by molar-refractivity contribution is 0.122. The minimum absolute atomic E-state index is 0.829. The average molecular weight is 347 g/mol. The number of hydrogen-bond donors (Lipinski definition) is 0. The van der Waals surface area contributed by atoms with Crippen molar-refractivity contribution in [2.24, 2.45) is 0 Å². The third-order valence-electron chi connectivity index (χ3n) is 4.33. The third kappa shape index (κ3) is 4.98. The SMILES string of the molecule is CSc1ccc(CN2CCN(Cc3cccc(Cl)c3)CC2)cc1. The van der Waals surface area contributed by atoms with Crippen LogP contribution in [0.2, 0.25) is 5.02 Å². The zero-order valence-electron chi connectivity index (χ0n) is 13.5. The highest BCUT2D eigenvalue weighted by Crippen LogP contribution is 2.17. The molecule has 0 saturated carbocycles. The van der Waals surface area contributed by atoms with Crippen LogP contribution in [-0.4, -0.2) is 42.2 Å². The van der Waals surface area contributed by atoms with Crippen molar-refractivity contribution < 1.29 is 0 Å². The molecule has 0 spiro atoms. The van der Waals surface area contributed by atoms with E-state index in [1.54, 1.807) is 11.8 Å². The van der Waals surface area contributed by atoms with E-state index >= 15 is 0 Å². The summed E-state index contributed by atoms with van der Waals surface area (Å²) in [5.41, 5.74) is 2.71. The van der Waals surface area contributed by atoms with Gasteiger partial charge in [0.1, 0.15) is 0 Å². The van der Waals surface area contributed by atoms with Crippen LogP contribution >= 0.6 is 23.4 Å². The maximum Gasteiger partial charge on any atom is 0.0409 e. The smallest absolute Gasteiger partial charge is 0.0409 e. The zero-order valence-corrected chi connectivity index (χ0v) is 15.1. The second-order valence-corrected chi connectivity index (χ2v) is 7.35. The molecule has 0 bridgehead atoms. The molecule has 0 amide bonds. The second-order valence-electron chi connectivity index (χ2n) is 6.03. The summed E-state index contributed by atoms with van der Waals surface area (Å²) in [6, 6.07) is 17.1. The molecule has 3 rings (SSSR count). The van der Waals surface area contributed by atoms with Crippen LogP contribution < -0.4 is 0 Å². The van der Waals surface area contributed by atoms with E-state index < -0.39 is 0 Å². The minimum Gasteiger partial charge on any atom is -0.297 e. The summed E-state index contributed by atoms with van der Waals surface area (Å²) >= 11 is 7.87. The van der Waals surface area contributed by atoms with Crippen LogP contribution in [0, 0.1) is 0 Å². The molecule has 1 saturated heterocycles. The number of benzene rings is 2. The van der Waals surface area contributed by atoms with E-state index in [0.29, 0.717) is 0 Å². The van der Waals surface area contributed by atoms with Crippen molar-refractivity contribution in [2.45, 2.75) is 18.0 Å². The summed E-state index contributed by atoms with van der Waals surface area (Å²) in [5, 5.41) is 0.829. The fourth-order valence-electron chi connectivity index (χ4n) is 2.99. The Hall–Kier alpha value is -1.00. The van der Waals surface area contributed by atoms with Crippen LogP contribution in [0.5, 0.6) is 0 Å². The van der Waals surface area contributed by atoms with Crippen molar-refractivity contribution in [3.8, 4) is 0 Å². The van der Waals surface area contributed by atoms with Gasteiger partial charge in [0.25, 0.3) is 0 Å². The number of nitrogens with zero attached hydrogens (tertiary/aromatic N) is 2. The molecule has 1 heterocycles. The Morgan fingerprint density at radius 2 is 1.48 bits per heavy atom. The van der Waals surface area contributed by atoms with E-state index in [4.69, 9.17) is 11.6 Å². The van der Waals surface area contributed by atoms with Crippen molar-refractivity contribution in [3.05, 3.63) is 64.7 Å². The molecule has 2 aromatic rings. The van der Waals surface area contributed by atoms with Crippen LogP contribution in [-0.2, 0) is 13.1 Å². The lowest BCUT2D eigenvalue weighted by Gasteiger charge is -2.34. The molecule has 1 fully saturated rings. The van der Waals surface area contributed by atoms with Crippen LogP contribution in [0.3, 0.4) is 0 Å². The molecule has 0 N–H and O–H groups in total. The Kier molecular flexibility index (Phi) is 6.01. The van der Waals surface area contributed by atoms with E-state index in [-0.39, 0.29) is 0 Å². The molecule has 0 atom stereocenters. The molecule has 0 radical (unpaired) electrons. The molecule has 1 aliphatic rings. The van der Waals surface area contributed by atoms with Gasteiger partial charge in [-0.25, -0.2) is 0 Å². The van der Waals surface area contributed by atoms with Gasteiger partial charge in [-0.2, -0.15) is 0 Å². The number of piperazine rings is 1. The molecule has 2 nitrogen and oxygen atoms in total. The van der Waals surface area contributed by atoms with E-state index in [2.05, 4.69) is 52.5 Å². The molecule has 23 heavy (non-hydrogen) atoms. The highest BCUT2D eigenvalue weighted by atomic mass is 35.5. The number of thioether (sulfide) groups is 1. The molecular weight excluding hydrogens is 324 g/mol. The normalized spacial score (nSPS) is 16.6. The molecule has 2 aromatic carbocycles. The van der Waals surface area contributed by atoms with E-state index in [1.807, 2.05) is 12.1 Å². The van der Waals surface area contributed by atoms with Gasteiger partial charge in [0.05, 0.1) is 0 Å². The van der Waals surface area contributed by atoms with Crippen LogP contribution in [0.4, 0.5) is 0 Å². The van der Waals surface area contributed by atoms with Gasteiger partial charge in [0.15, 0.2) is 0 Å². The van der Waals surface area contributed by atoms with Gasteiger partial charge in [-0.15, -0.1) is 11.8 Å². The lowest BCUT2D eigenvalue weighted by Crippen LogP contribution is -2.45. The summed E-state index contributed by atoms with van der Waals surface area (Å²) in [4.78, 5) is 6.39. The van der Waals surface area contributed by atoms with Crippen LogP contribution in [0.1, 0.15) is 11.1 Å². The van der Waals surface area contributed by atoms with Crippen molar-refractivity contribution in [2.75, 3.05) is 32.4 Å². The number of halogens is 1. The lowest BCUT2D eigenvalue weighted by atomic mass is 10.1. The molecule has 4 heteroatoms. The largest absolute Gasteiger partial charge is 0.297 e. The monoisotopic (exact) mass is 346 g/mol. The van der Waals surface area contributed by atoms with Gasteiger partial charge in [-0.05, 0) is 41.6 Å². The molecule has 122 valence electrons. The van der Waals surface area contributed by atoms with E-state index in [9.17, 15) is 0 Å². The molecule has 1 aliphatic heterocycles. The molecular formula is C19H23ClN2S. The summed E-state index contributed by atoms with van der Waals surface area (Å²) in [5.74, 6) is 0.